The van der Waals surface area contributed by atoms with Crippen LogP contribution >= 0.6 is 0 Å². The van der Waals surface area contributed by atoms with Crippen LogP contribution in [0.15, 0.2) is 0 Å². The fourth-order valence-electron chi connectivity index (χ4n) is 3.66. The summed E-state index contributed by atoms with van der Waals surface area (Å²) in [6.07, 6.45) is 5.38. The van der Waals surface area contributed by atoms with Gasteiger partial charge in [0.15, 0.2) is 0 Å². The van der Waals surface area contributed by atoms with Gasteiger partial charge >= 0.3 is 0 Å². The van der Waals surface area contributed by atoms with Crippen LogP contribution in [0.3, 0.4) is 0 Å². The van der Waals surface area contributed by atoms with Gasteiger partial charge in [-0.15, -0.1) is 0 Å². The molecule has 1 amide bonds. The third-order valence-corrected chi connectivity index (χ3v) is 4.96. The van der Waals surface area contributed by atoms with Crippen molar-refractivity contribution in [2.45, 2.75) is 44.2 Å². The van der Waals surface area contributed by atoms with Gasteiger partial charge < -0.3 is 15.0 Å². The van der Waals surface area contributed by atoms with Crippen LogP contribution in [0.2, 0.25) is 0 Å². The lowest BCUT2D eigenvalue weighted by Crippen LogP contribution is -2.53. The van der Waals surface area contributed by atoms with Gasteiger partial charge in [0.05, 0.1) is 0 Å². The number of hydrogen-bond acceptors (Lipinski definition) is 4. The molecule has 0 aromatic carbocycles. The molecule has 0 bridgehead atoms. The minimum Gasteiger partial charge on any atom is -0.381 e. The first-order chi connectivity index (χ1) is 9.83. The summed E-state index contributed by atoms with van der Waals surface area (Å²) >= 11 is 0. The van der Waals surface area contributed by atoms with Crippen molar-refractivity contribution in [3.05, 3.63) is 0 Å². The minimum atomic E-state index is 0.344. The summed E-state index contributed by atoms with van der Waals surface area (Å²) in [5.74, 6) is 0.344. The first kappa shape index (κ1) is 14.3. The molecule has 1 atom stereocenters. The average molecular weight is 281 g/mol. The van der Waals surface area contributed by atoms with Gasteiger partial charge in [-0.05, 0) is 32.2 Å². The Balaban J connectivity index is 1.41. The smallest absolute Gasteiger partial charge is 0.224 e. The molecule has 5 nitrogen and oxygen atoms in total. The molecule has 0 aromatic rings. The maximum Gasteiger partial charge on any atom is 0.224 e. The third-order valence-electron chi connectivity index (χ3n) is 4.96. The minimum absolute atomic E-state index is 0.344. The highest BCUT2D eigenvalue weighted by Crippen LogP contribution is 2.17. The summed E-state index contributed by atoms with van der Waals surface area (Å²) < 4.78 is 5.43. The number of ether oxygens (including phenoxy) is 1. The molecular weight excluding hydrogens is 254 g/mol. The van der Waals surface area contributed by atoms with Crippen molar-refractivity contribution in [2.24, 2.45) is 0 Å². The molecule has 0 aromatic heterocycles. The molecule has 5 heteroatoms. The summed E-state index contributed by atoms with van der Waals surface area (Å²) in [5, 5.41) is 3.42. The molecule has 3 aliphatic rings. The largest absolute Gasteiger partial charge is 0.381 e. The second kappa shape index (κ2) is 6.87. The summed E-state index contributed by atoms with van der Waals surface area (Å²) in [4.78, 5) is 16.9. The van der Waals surface area contributed by atoms with Crippen molar-refractivity contribution < 1.29 is 9.53 Å². The van der Waals surface area contributed by atoms with E-state index in [-0.39, 0.29) is 0 Å². The summed E-state index contributed by atoms with van der Waals surface area (Å²) in [5.41, 5.74) is 0. The molecule has 0 saturated carbocycles. The predicted molar refractivity (Wildman–Crippen MR) is 77.6 cm³/mol. The molecule has 3 aliphatic heterocycles. The number of carbonyl (C=O) groups excluding carboxylic acids is 1. The third kappa shape index (κ3) is 3.51. The van der Waals surface area contributed by atoms with Crippen LogP contribution in [-0.2, 0) is 9.53 Å². The molecule has 0 spiro atoms. The van der Waals surface area contributed by atoms with E-state index in [1.807, 2.05) is 0 Å². The first-order valence-corrected chi connectivity index (χ1v) is 8.16. The van der Waals surface area contributed by atoms with Crippen molar-refractivity contribution in [1.29, 1.82) is 0 Å². The Kier molecular flexibility index (Phi) is 4.91. The van der Waals surface area contributed by atoms with Crippen molar-refractivity contribution in [1.82, 2.24) is 15.1 Å². The van der Waals surface area contributed by atoms with E-state index in [0.29, 0.717) is 24.4 Å². The molecule has 114 valence electrons. The highest BCUT2D eigenvalue weighted by atomic mass is 16.5. The van der Waals surface area contributed by atoms with Crippen molar-refractivity contribution >= 4 is 5.91 Å². The zero-order valence-corrected chi connectivity index (χ0v) is 12.4. The molecule has 0 aliphatic carbocycles. The highest BCUT2D eigenvalue weighted by molar-refractivity contribution is 5.77. The van der Waals surface area contributed by atoms with Gasteiger partial charge in [0.2, 0.25) is 5.91 Å². The Morgan fingerprint density at radius 2 is 1.85 bits per heavy atom. The quantitative estimate of drug-likeness (QED) is 0.816. The zero-order chi connectivity index (χ0) is 13.8. The van der Waals surface area contributed by atoms with Gasteiger partial charge in [0.25, 0.3) is 0 Å². The molecule has 3 rings (SSSR count). The van der Waals surface area contributed by atoms with E-state index in [4.69, 9.17) is 4.74 Å². The van der Waals surface area contributed by atoms with Crippen LogP contribution in [-0.4, -0.2) is 73.7 Å². The van der Waals surface area contributed by atoms with Crippen molar-refractivity contribution in [2.75, 3.05) is 45.9 Å². The molecule has 0 radical (unpaired) electrons. The number of hydrogen-bond donors (Lipinski definition) is 1. The van der Waals surface area contributed by atoms with E-state index >= 15 is 0 Å². The molecular formula is C15H27N3O2. The Labute approximate surface area is 121 Å². The van der Waals surface area contributed by atoms with Gasteiger partial charge in [-0.25, -0.2) is 0 Å². The zero-order valence-electron chi connectivity index (χ0n) is 12.4. The van der Waals surface area contributed by atoms with E-state index in [2.05, 4.69) is 15.1 Å². The highest BCUT2D eigenvalue weighted by Gasteiger charge is 2.28. The Morgan fingerprint density at radius 3 is 2.50 bits per heavy atom. The second-order valence-corrected chi connectivity index (χ2v) is 6.26. The van der Waals surface area contributed by atoms with E-state index in [1.165, 1.54) is 6.42 Å². The molecule has 3 heterocycles. The first-order valence-electron chi connectivity index (χ1n) is 8.16. The van der Waals surface area contributed by atoms with Gasteiger partial charge in [0, 0.05) is 57.9 Å². The Morgan fingerprint density at radius 1 is 1.10 bits per heavy atom. The standard InChI is InChI=1S/C15H27N3O2/c19-15(12-13-2-1-5-16-13)18-8-6-17(7-9-18)14-3-10-20-11-4-14/h13-14,16H,1-12H2. The predicted octanol–water partition coefficient (Wildman–Crippen LogP) is 0.452. The number of rotatable bonds is 3. The topological polar surface area (TPSA) is 44.8 Å². The molecule has 20 heavy (non-hydrogen) atoms. The summed E-state index contributed by atoms with van der Waals surface area (Å²) in [6.45, 7) is 6.76. The molecule has 1 unspecified atom stereocenters. The Bertz CT molecular complexity index is 317. The van der Waals surface area contributed by atoms with Crippen LogP contribution < -0.4 is 5.32 Å². The monoisotopic (exact) mass is 281 g/mol. The second-order valence-electron chi connectivity index (χ2n) is 6.26. The van der Waals surface area contributed by atoms with Crippen LogP contribution in [0.5, 0.6) is 0 Å². The lowest BCUT2D eigenvalue weighted by molar-refractivity contribution is -0.134. The number of carbonyl (C=O) groups is 1. The van der Waals surface area contributed by atoms with Gasteiger partial charge in [-0.1, -0.05) is 0 Å². The van der Waals surface area contributed by atoms with Gasteiger partial charge in [-0.2, -0.15) is 0 Å². The maximum atomic E-state index is 12.3. The van der Waals surface area contributed by atoms with E-state index in [9.17, 15) is 4.79 Å². The fourth-order valence-corrected chi connectivity index (χ4v) is 3.66. The number of nitrogens with zero attached hydrogens (tertiary/aromatic N) is 2. The van der Waals surface area contributed by atoms with Crippen molar-refractivity contribution in [3.8, 4) is 0 Å². The van der Waals surface area contributed by atoms with Crippen LogP contribution in [0, 0.1) is 0 Å². The van der Waals surface area contributed by atoms with Crippen LogP contribution in [0.25, 0.3) is 0 Å². The Hall–Kier alpha value is -0.650. The maximum absolute atomic E-state index is 12.3. The van der Waals surface area contributed by atoms with E-state index in [1.54, 1.807) is 0 Å². The van der Waals surface area contributed by atoms with Crippen molar-refractivity contribution in [3.63, 3.8) is 0 Å². The average Bonchev–Trinajstić information content (AvgIpc) is 3.01. The van der Waals surface area contributed by atoms with Crippen LogP contribution in [0.1, 0.15) is 32.1 Å². The molecule has 3 saturated heterocycles. The van der Waals surface area contributed by atoms with Gasteiger partial charge in [0.1, 0.15) is 0 Å². The summed E-state index contributed by atoms with van der Waals surface area (Å²) in [7, 11) is 0. The van der Waals surface area contributed by atoms with E-state index < -0.39 is 0 Å². The lowest BCUT2D eigenvalue weighted by Gasteiger charge is -2.40. The van der Waals surface area contributed by atoms with Crippen LogP contribution in [0.4, 0.5) is 0 Å². The SMILES string of the molecule is O=C(CC1CCCN1)N1CCN(C2CCOCC2)CC1. The molecule has 3 fully saturated rings. The van der Waals surface area contributed by atoms with E-state index in [0.717, 1.165) is 65.2 Å². The number of nitrogens with one attached hydrogen (secondary N) is 1. The fraction of sp³-hybridized carbons (Fsp3) is 0.933. The lowest BCUT2D eigenvalue weighted by atomic mass is 10.1. The number of piperazine rings is 1. The number of amides is 1. The molecule has 1 N–H and O–H groups in total. The normalized spacial score (nSPS) is 29.8. The summed E-state index contributed by atoms with van der Waals surface area (Å²) in [6, 6.07) is 1.11. The van der Waals surface area contributed by atoms with Gasteiger partial charge in [-0.3, -0.25) is 9.69 Å².